The number of hydrogen-bond acceptors (Lipinski definition) is 5. The Bertz CT molecular complexity index is 1190. The van der Waals surface area contributed by atoms with Crippen molar-refractivity contribution in [2.75, 3.05) is 11.1 Å². The van der Waals surface area contributed by atoms with E-state index in [1.807, 2.05) is 0 Å². The Kier molecular flexibility index (Phi) is 5.68. The largest absolute Gasteiger partial charge is 0.507 e. The lowest BCUT2D eigenvalue weighted by molar-refractivity contribution is -0.113. The number of carbonyl (C=O) groups excluding carboxylic acids is 1. The number of carbonyl (C=O) groups is 1. The first kappa shape index (κ1) is 22.2. The van der Waals surface area contributed by atoms with Crippen molar-refractivity contribution < 1.29 is 9.90 Å². The van der Waals surface area contributed by atoms with Crippen LogP contribution in [0.4, 0.5) is 5.69 Å². The third-order valence-corrected chi connectivity index (χ3v) is 9.17. The average Bonchev–Trinajstić information content (AvgIpc) is 3.28. The minimum Gasteiger partial charge on any atom is -0.507 e. The predicted molar refractivity (Wildman–Crippen MR) is 137 cm³/mol. The monoisotopic (exact) mass is 538 g/mol. The highest BCUT2D eigenvalue weighted by molar-refractivity contribution is 9.10. The molecule has 0 radical (unpaired) electrons. The van der Waals surface area contributed by atoms with E-state index in [4.69, 9.17) is 0 Å². The van der Waals surface area contributed by atoms with Gasteiger partial charge in [0.1, 0.15) is 5.75 Å². The van der Waals surface area contributed by atoms with Gasteiger partial charge < -0.3 is 10.4 Å². The summed E-state index contributed by atoms with van der Waals surface area (Å²) >= 11 is 4.65. The number of thioether (sulfide) groups is 1. The second kappa shape index (κ2) is 8.72. The summed E-state index contributed by atoms with van der Waals surface area (Å²) in [6.07, 6.45) is 8.37. The average molecular weight is 539 g/mol. The Morgan fingerprint density at radius 2 is 1.76 bits per heavy atom. The van der Waals surface area contributed by atoms with E-state index in [1.165, 1.54) is 55.9 Å². The van der Waals surface area contributed by atoms with Crippen LogP contribution in [-0.4, -0.2) is 31.9 Å². The molecule has 1 aromatic heterocycles. The van der Waals surface area contributed by atoms with Crippen molar-refractivity contribution in [1.82, 2.24) is 15.2 Å². The van der Waals surface area contributed by atoms with Crippen molar-refractivity contribution in [3.05, 3.63) is 52.5 Å². The fourth-order valence-corrected chi connectivity index (χ4v) is 7.79. The molecule has 0 spiro atoms. The van der Waals surface area contributed by atoms with Crippen LogP contribution in [0.2, 0.25) is 0 Å². The van der Waals surface area contributed by atoms with E-state index >= 15 is 0 Å². The number of nitrogens with zero attached hydrogens (tertiary/aromatic N) is 2. The number of rotatable bonds is 6. The van der Waals surface area contributed by atoms with Crippen LogP contribution < -0.4 is 5.32 Å². The molecule has 4 saturated carbocycles. The fourth-order valence-electron chi connectivity index (χ4n) is 6.83. The van der Waals surface area contributed by atoms with E-state index in [2.05, 4.69) is 60.7 Å². The molecule has 34 heavy (non-hydrogen) atoms. The van der Waals surface area contributed by atoms with Gasteiger partial charge in [0.05, 0.1) is 11.3 Å². The van der Waals surface area contributed by atoms with Gasteiger partial charge in [0.2, 0.25) is 11.1 Å². The summed E-state index contributed by atoms with van der Waals surface area (Å²) in [6.45, 7) is 0. The van der Waals surface area contributed by atoms with Crippen LogP contribution in [0, 0.1) is 17.8 Å². The van der Waals surface area contributed by atoms with E-state index in [9.17, 15) is 9.90 Å². The predicted octanol–water partition coefficient (Wildman–Crippen LogP) is 6.14. The first-order chi connectivity index (χ1) is 16.5. The molecule has 2 aromatic carbocycles. The second-order valence-corrected chi connectivity index (χ2v) is 12.1. The maximum atomic E-state index is 12.5. The van der Waals surface area contributed by atoms with E-state index in [0.29, 0.717) is 22.0 Å². The second-order valence-electron chi connectivity index (χ2n) is 10.2. The number of anilines is 1. The van der Waals surface area contributed by atoms with Gasteiger partial charge in [-0.05, 0) is 97.6 Å². The zero-order valence-electron chi connectivity index (χ0n) is 18.8. The minimum atomic E-state index is -0.0933. The summed E-state index contributed by atoms with van der Waals surface area (Å²) in [6, 6.07) is 13.7. The van der Waals surface area contributed by atoms with Crippen molar-refractivity contribution in [2.24, 2.45) is 17.8 Å². The Labute approximate surface area is 211 Å². The SMILES string of the molecule is O=C(CSc1n[nH]c(-c2cc(Br)ccc2O)n1)Nc1ccc(C23CC4CC(CC(C4)C2)C3)cc1. The summed E-state index contributed by atoms with van der Waals surface area (Å²) in [5.74, 6) is 3.46. The van der Waals surface area contributed by atoms with Crippen LogP contribution in [0.1, 0.15) is 44.1 Å². The van der Waals surface area contributed by atoms with E-state index in [0.717, 1.165) is 27.9 Å². The van der Waals surface area contributed by atoms with Crippen LogP contribution in [0.15, 0.2) is 52.1 Å². The summed E-state index contributed by atoms with van der Waals surface area (Å²) in [7, 11) is 0. The van der Waals surface area contributed by atoms with Crippen molar-refractivity contribution >= 4 is 39.3 Å². The van der Waals surface area contributed by atoms with Crippen LogP contribution in [0.3, 0.4) is 0 Å². The molecular formula is C26H27BrN4O2S. The molecule has 0 aliphatic heterocycles. The van der Waals surface area contributed by atoms with E-state index < -0.39 is 0 Å². The number of aromatic hydroxyl groups is 1. The molecule has 4 bridgehead atoms. The van der Waals surface area contributed by atoms with Gasteiger partial charge in [0.25, 0.3) is 0 Å². The Morgan fingerprint density at radius 1 is 1.09 bits per heavy atom. The van der Waals surface area contributed by atoms with Gasteiger partial charge in [0, 0.05) is 10.2 Å². The van der Waals surface area contributed by atoms with Gasteiger partial charge in [-0.15, -0.1) is 5.10 Å². The summed E-state index contributed by atoms with van der Waals surface area (Å²) in [5.41, 5.74) is 3.22. The highest BCUT2D eigenvalue weighted by atomic mass is 79.9. The minimum absolute atomic E-state index is 0.0933. The highest BCUT2D eigenvalue weighted by Gasteiger charge is 2.51. The van der Waals surface area contributed by atoms with Crippen LogP contribution in [0.25, 0.3) is 11.4 Å². The molecule has 6 nitrogen and oxygen atoms in total. The number of H-pyrrole nitrogens is 1. The third kappa shape index (κ3) is 4.26. The van der Waals surface area contributed by atoms with E-state index in [-0.39, 0.29) is 17.4 Å². The first-order valence-electron chi connectivity index (χ1n) is 11.9. The molecule has 3 N–H and O–H groups in total. The number of aromatic nitrogens is 3. The molecule has 0 unspecified atom stereocenters. The van der Waals surface area contributed by atoms with Crippen molar-refractivity contribution in [1.29, 1.82) is 0 Å². The maximum absolute atomic E-state index is 12.5. The van der Waals surface area contributed by atoms with Gasteiger partial charge in [-0.2, -0.15) is 0 Å². The number of nitrogens with one attached hydrogen (secondary N) is 2. The Balaban J connectivity index is 1.06. The van der Waals surface area contributed by atoms with Gasteiger partial charge in [-0.1, -0.05) is 39.8 Å². The lowest BCUT2D eigenvalue weighted by atomic mass is 9.48. The number of halogens is 1. The highest BCUT2D eigenvalue weighted by Crippen LogP contribution is 2.60. The molecule has 7 rings (SSSR count). The number of hydrogen-bond donors (Lipinski definition) is 3. The first-order valence-corrected chi connectivity index (χ1v) is 13.7. The standard InChI is InChI=1S/C26H27BrN4O2S/c27-19-3-6-22(32)21(10-19)24-29-25(31-30-24)34-14-23(33)28-20-4-1-18(2-5-20)26-11-15-7-16(12-26)9-17(8-15)13-26/h1-6,10,15-17,32H,7-9,11-14H2,(H,28,33)(H,29,30,31). The summed E-state index contributed by atoms with van der Waals surface area (Å²) in [4.78, 5) is 16.9. The van der Waals surface area contributed by atoms with Gasteiger partial charge in [-0.3, -0.25) is 9.89 Å². The van der Waals surface area contributed by atoms with Gasteiger partial charge in [0.15, 0.2) is 5.82 Å². The van der Waals surface area contributed by atoms with E-state index in [1.54, 1.807) is 18.2 Å². The Hall–Kier alpha value is -2.32. The molecule has 0 atom stereocenters. The normalized spacial score (nSPS) is 27.1. The summed E-state index contributed by atoms with van der Waals surface area (Å²) < 4.78 is 0.833. The molecule has 1 heterocycles. The number of aromatic amines is 1. The quantitative estimate of drug-likeness (QED) is 0.328. The number of phenolic OH excluding ortho intramolecular Hbond substituents is 1. The lowest BCUT2D eigenvalue weighted by Gasteiger charge is -2.57. The van der Waals surface area contributed by atoms with Crippen molar-refractivity contribution in [2.45, 2.75) is 49.1 Å². The number of amides is 1. The Morgan fingerprint density at radius 3 is 2.44 bits per heavy atom. The number of benzene rings is 2. The lowest BCUT2D eigenvalue weighted by Crippen LogP contribution is -2.48. The number of phenols is 1. The maximum Gasteiger partial charge on any atom is 0.234 e. The smallest absolute Gasteiger partial charge is 0.234 e. The molecule has 176 valence electrons. The van der Waals surface area contributed by atoms with Crippen LogP contribution >= 0.6 is 27.7 Å². The van der Waals surface area contributed by atoms with Crippen LogP contribution in [-0.2, 0) is 10.2 Å². The topological polar surface area (TPSA) is 90.9 Å². The molecule has 4 aliphatic rings. The zero-order valence-corrected chi connectivity index (χ0v) is 21.2. The summed E-state index contributed by atoms with van der Waals surface area (Å²) in [5, 5.41) is 20.5. The van der Waals surface area contributed by atoms with Crippen LogP contribution in [0.5, 0.6) is 5.75 Å². The molecule has 4 fully saturated rings. The zero-order chi connectivity index (χ0) is 23.3. The molecule has 0 saturated heterocycles. The molecule has 8 heteroatoms. The third-order valence-electron chi connectivity index (χ3n) is 7.83. The van der Waals surface area contributed by atoms with Crippen molar-refractivity contribution in [3.8, 4) is 17.1 Å². The molecular weight excluding hydrogens is 512 g/mol. The van der Waals surface area contributed by atoms with Crippen molar-refractivity contribution in [3.63, 3.8) is 0 Å². The van der Waals surface area contributed by atoms with Gasteiger partial charge in [-0.25, -0.2) is 4.98 Å². The molecule has 4 aliphatic carbocycles. The molecule has 3 aromatic rings. The van der Waals surface area contributed by atoms with Gasteiger partial charge >= 0.3 is 0 Å². The fraction of sp³-hybridized carbons (Fsp3) is 0.423. The molecule has 1 amide bonds.